The van der Waals surface area contributed by atoms with E-state index in [0.29, 0.717) is 5.56 Å². The van der Waals surface area contributed by atoms with Gasteiger partial charge in [0, 0.05) is 17.8 Å². The van der Waals surface area contributed by atoms with E-state index in [1.165, 1.54) is 11.9 Å². The first kappa shape index (κ1) is 13.7. The molecule has 1 aromatic heterocycles. The number of hydrogen-bond donors (Lipinski definition) is 2. The van der Waals surface area contributed by atoms with Crippen molar-refractivity contribution in [2.24, 2.45) is 0 Å². The molecule has 0 fully saturated rings. The molecule has 5 nitrogen and oxygen atoms in total. The lowest BCUT2D eigenvalue weighted by molar-refractivity contribution is -0.141. The SMILES string of the molecule is CCC1(CC)c2[nH]c3ccccc3c2C(=O)NN1C(C)=O. The van der Waals surface area contributed by atoms with Crippen LogP contribution in [0.5, 0.6) is 0 Å². The number of amides is 2. The molecule has 5 heteroatoms. The summed E-state index contributed by atoms with van der Waals surface area (Å²) in [5.74, 6) is -0.383. The van der Waals surface area contributed by atoms with Gasteiger partial charge in [-0.05, 0) is 18.9 Å². The highest BCUT2D eigenvalue weighted by atomic mass is 16.2. The zero-order valence-corrected chi connectivity index (χ0v) is 12.5. The van der Waals surface area contributed by atoms with Crippen LogP contribution in [-0.2, 0) is 10.3 Å². The Labute approximate surface area is 123 Å². The molecule has 0 bridgehead atoms. The van der Waals surface area contributed by atoms with E-state index in [-0.39, 0.29) is 11.8 Å². The second-order valence-corrected chi connectivity index (χ2v) is 5.45. The Morgan fingerprint density at radius 1 is 1.24 bits per heavy atom. The van der Waals surface area contributed by atoms with Crippen molar-refractivity contribution in [2.75, 3.05) is 0 Å². The van der Waals surface area contributed by atoms with E-state index < -0.39 is 5.54 Å². The largest absolute Gasteiger partial charge is 0.356 e. The number of nitrogens with one attached hydrogen (secondary N) is 2. The number of carbonyl (C=O) groups excluding carboxylic acids is 2. The molecule has 21 heavy (non-hydrogen) atoms. The monoisotopic (exact) mass is 285 g/mol. The zero-order valence-electron chi connectivity index (χ0n) is 12.5. The van der Waals surface area contributed by atoms with Gasteiger partial charge in [0.2, 0.25) is 5.91 Å². The maximum atomic E-state index is 12.5. The number of nitrogens with zero attached hydrogens (tertiary/aromatic N) is 1. The van der Waals surface area contributed by atoms with Crippen molar-refractivity contribution in [3.8, 4) is 0 Å². The number of para-hydroxylation sites is 1. The molecule has 2 N–H and O–H groups in total. The molecule has 1 aromatic carbocycles. The molecule has 0 spiro atoms. The van der Waals surface area contributed by atoms with Gasteiger partial charge in [0.05, 0.1) is 11.3 Å². The normalized spacial score (nSPS) is 16.7. The second kappa shape index (κ2) is 4.62. The molecule has 2 heterocycles. The van der Waals surface area contributed by atoms with Gasteiger partial charge < -0.3 is 4.98 Å². The van der Waals surface area contributed by atoms with Gasteiger partial charge >= 0.3 is 0 Å². The molecule has 0 saturated carbocycles. The third-order valence-electron chi connectivity index (χ3n) is 4.52. The number of rotatable bonds is 2. The summed E-state index contributed by atoms with van der Waals surface area (Å²) < 4.78 is 0. The number of hydrogen-bond acceptors (Lipinski definition) is 2. The van der Waals surface area contributed by atoms with Gasteiger partial charge in [0.15, 0.2) is 0 Å². The van der Waals surface area contributed by atoms with Crippen molar-refractivity contribution in [2.45, 2.75) is 39.2 Å². The minimum Gasteiger partial charge on any atom is -0.356 e. The van der Waals surface area contributed by atoms with Crippen LogP contribution < -0.4 is 5.43 Å². The van der Waals surface area contributed by atoms with Crippen LogP contribution in [0.15, 0.2) is 24.3 Å². The van der Waals surface area contributed by atoms with E-state index in [0.717, 1.165) is 29.4 Å². The van der Waals surface area contributed by atoms with Crippen LogP contribution >= 0.6 is 0 Å². The predicted octanol–water partition coefficient (Wildman–Crippen LogP) is 2.69. The molecule has 3 rings (SSSR count). The standard InChI is InChI=1S/C16H19N3O2/c1-4-16(5-2)14-13(15(21)18-19(16)10(3)20)11-8-6-7-9-12(11)17-14/h6-9,17H,4-5H2,1-3H3,(H,18,21). The number of aromatic nitrogens is 1. The van der Waals surface area contributed by atoms with Gasteiger partial charge in [0.25, 0.3) is 5.91 Å². The summed E-state index contributed by atoms with van der Waals surface area (Å²) in [5, 5.41) is 2.38. The van der Waals surface area contributed by atoms with Crippen LogP contribution in [-0.4, -0.2) is 21.8 Å². The third-order valence-corrected chi connectivity index (χ3v) is 4.52. The van der Waals surface area contributed by atoms with E-state index in [2.05, 4.69) is 10.4 Å². The number of H-pyrrole nitrogens is 1. The first-order chi connectivity index (χ1) is 10.0. The molecule has 1 aliphatic heterocycles. The molecule has 0 unspecified atom stereocenters. The molecule has 0 aliphatic carbocycles. The molecule has 0 atom stereocenters. The van der Waals surface area contributed by atoms with Crippen molar-refractivity contribution in [3.05, 3.63) is 35.5 Å². The van der Waals surface area contributed by atoms with Gasteiger partial charge in [-0.2, -0.15) is 0 Å². The number of carbonyl (C=O) groups is 2. The van der Waals surface area contributed by atoms with Crippen LogP contribution in [0.4, 0.5) is 0 Å². The second-order valence-electron chi connectivity index (χ2n) is 5.45. The van der Waals surface area contributed by atoms with Crippen LogP contribution in [0.3, 0.4) is 0 Å². The third kappa shape index (κ3) is 1.70. The summed E-state index contributed by atoms with van der Waals surface area (Å²) in [7, 11) is 0. The predicted molar refractivity (Wildman–Crippen MR) is 80.5 cm³/mol. The Balaban J connectivity index is 2.35. The summed E-state index contributed by atoms with van der Waals surface area (Å²) in [6.45, 7) is 5.55. The Morgan fingerprint density at radius 3 is 2.52 bits per heavy atom. The van der Waals surface area contributed by atoms with Crippen LogP contribution in [0.1, 0.15) is 49.7 Å². The fraction of sp³-hybridized carbons (Fsp3) is 0.375. The van der Waals surface area contributed by atoms with Crippen LogP contribution in [0, 0.1) is 0 Å². The average Bonchev–Trinajstić information content (AvgIpc) is 2.88. The zero-order chi connectivity index (χ0) is 15.2. The van der Waals surface area contributed by atoms with Crippen molar-refractivity contribution in [1.29, 1.82) is 0 Å². The summed E-state index contributed by atoms with van der Waals surface area (Å²) >= 11 is 0. The van der Waals surface area contributed by atoms with Gasteiger partial charge in [-0.25, -0.2) is 5.01 Å². The maximum absolute atomic E-state index is 12.5. The Morgan fingerprint density at radius 2 is 1.90 bits per heavy atom. The van der Waals surface area contributed by atoms with Crippen molar-refractivity contribution in [3.63, 3.8) is 0 Å². The molecule has 0 radical (unpaired) electrons. The quantitative estimate of drug-likeness (QED) is 0.891. The van der Waals surface area contributed by atoms with E-state index in [4.69, 9.17) is 0 Å². The van der Waals surface area contributed by atoms with E-state index in [1.54, 1.807) is 0 Å². The summed E-state index contributed by atoms with van der Waals surface area (Å²) in [4.78, 5) is 27.8. The summed E-state index contributed by atoms with van der Waals surface area (Å²) in [6, 6.07) is 7.74. The van der Waals surface area contributed by atoms with Crippen LogP contribution in [0.25, 0.3) is 10.9 Å². The fourth-order valence-corrected chi connectivity index (χ4v) is 3.40. The topological polar surface area (TPSA) is 65.2 Å². The molecule has 1 aliphatic rings. The molecule has 110 valence electrons. The van der Waals surface area contributed by atoms with Crippen LogP contribution in [0.2, 0.25) is 0 Å². The Kier molecular flexibility index (Phi) is 3.01. The highest BCUT2D eigenvalue weighted by molar-refractivity contribution is 6.10. The Hall–Kier alpha value is -2.30. The summed E-state index contributed by atoms with van der Waals surface area (Å²) in [5.41, 5.74) is 4.67. The van der Waals surface area contributed by atoms with Gasteiger partial charge in [-0.1, -0.05) is 32.0 Å². The molecular weight excluding hydrogens is 266 g/mol. The molecule has 0 saturated heterocycles. The lowest BCUT2D eigenvalue weighted by Crippen LogP contribution is -2.61. The lowest BCUT2D eigenvalue weighted by atomic mass is 9.83. The number of fused-ring (bicyclic) bond motifs is 3. The van der Waals surface area contributed by atoms with E-state index in [1.807, 2.05) is 38.1 Å². The summed E-state index contributed by atoms with van der Waals surface area (Å²) in [6.07, 6.45) is 1.45. The average molecular weight is 285 g/mol. The molecule has 2 aromatic rings. The smallest absolute Gasteiger partial charge is 0.272 e. The fourth-order valence-electron chi connectivity index (χ4n) is 3.40. The van der Waals surface area contributed by atoms with Crippen molar-refractivity contribution < 1.29 is 9.59 Å². The first-order valence-corrected chi connectivity index (χ1v) is 7.28. The Bertz CT molecular complexity index is 728. The molecule has 2 amide bonds. The first-order valence-electron chi connectivity index (χ1n) is 7.28. The van der Waals surface area contributed by atoms with Gasteiger partial charge in [-0.15, -0.1) is 0 Å². The molecular formula is C16H19N3O2. The minimum atomic E-state index is -0.520. The highest BCUT2D eigenvalue weighted by Gasteiger charge is 2.46. The lowest BCUT2D eigenvalue weighted by Gasteiger charge is -2.45. The van der Waals surface area contributed by atoms with Crippen molar-refractivity contribution >= 4 is 22.7 Å². The van der Waals surface area contributed by atoms with E-state index >= 15 is 0 Å². The van der Waals surface area contributed by atoms with Gasteiger partial charge in [0.1, 0.15) is 5.54 Å². The highest BCUT2D eigenvalue weighted by Crippen LogP contribution is 2.41. The van der Waals surface area contributed by atoms with Gasteiger partial charge in [-0.3, -0.25) is 15.0 Å². The van der Waals surface area contributed by atoms with Crippen molar-refractivity contribution in [1.82, 2.24) is 15.4 Å². The number of aromatic amines is 1. The number of benzene rings is 1. The number of hydrazine groups is 1. The minimum absolute atomic E-state index is 0.156. The van der Waals surface area contributed by atoms with E-state index in [9.17, 15) is 9.59 Å². The maximum Gasteiger partial charge on any atom is 0.272 e.